The number of alkyl halides is 1. The summed E-state index contributed by atoms with van der Waals surface area (Å²) in [6, 6.07) is 0. The number of halogens is 1. The average molecular weight is 325 g/mol. The van der Waals surface area contributed by atoms with Gasteiger partial charge in [-0.05, 0) is 19.8 Å². The second-order valence-corrected chi connectivity index (χ2v) is 6.57. The van der Waals surface area contributed by atoms with E-state index >= 15 is 0 Å². The van der Waals surface area contributed by atoms with Gasteiger partial charge in [0.15, 0.2) is 5.78 Å². The normalized spacial score (nSPS) is 19.1. The number of nitrogens with one attached hydrogen (secondary N) is 2. The van der Waals surface area contributed by atoms with Crippen molar-refractivity contribution in [2.45, 2.75) is 44.5 Å². The van der Waals surface area contributed by atoms with E-state index in [1.165, 1.54) is 0 Å². The number of hydrogen-bond acceptors (Lipinski definition) is 2. The maximum Gasteiger partial charge on any atom is 0.172 e. The molecule has 1 aliphatic rings. The Morgan fingerprint density at radius 3 is 2.79 bits per heavy atom. The molecule has 4 heteroatoms. The van der Waals surface area contributed by atoms with Crippen molar-refractivity contribution >= 4 is 27.4 Å². The lowest BCUT2D eigenvalue weighted by Gasteiger charge is -2.22. The molecule has 2 rings (SSSR count). The van der Waals surface area contributed by atoms with Gasteiger partial charge in [-0.3, -0.25) is 4.79 Å². The molecule has 1 aromatic heterocycles. The average Bonchev–Trinajstić information content (AvgIpc) is 2.97. The third-order valence-electron chi connectivity index (χ3n) is 4.07. The van der Waals surface area contributed by atoms with E-state index in [0.717, 1.165) is 42.6 Å². The first-order valence-corrected chi connectivity index (χ1v) is 7.65. The van der Waals surface area contributed by atoms with Gasteiger partial charge in [0, 0.05) is 17.3 Å². The second kappa shape index (κ2) is 5.53. The maximum absolute atomic E-state index is 12.8. The number of aryl methyl sites for hydroxylation is 1. The fraction of sp³-hybridized carbons (Fsp3) is 0.533. The SMILES string of the molecule is C=CC(Br)Nc1c(C(=O)C2(C)CCCC2)c[nH]c1C. The van der Waals surface area contributed by atoms with Gasteiger partial charge in [0.25, 0.3) is 0 Å². The highest BCUT2D eigenvalue weighted by Crippen LogP contribution is 2.42. The molecule has 19 heavy (non-hydrogen) atoms. The predicted octanol–water partition coefficient (Wildman–Crippen LogP) is 4.41. The molecular formula is C15H21BrN2O. The third kappa shape index (κ3) is 2.78. The number of H-pyrrole nitrogens is 1. The van der Waals surface area contributed by atoms with Gasteiger partial charge in [-0.25, -0.2) is 0 Å². The first-order chi connectivity index (χ1) is 8.98. The van der Waals surface area contributed by atoms with E-state index in [9.17, 15) is 4.79 Å². The summed E-state index contributed by atoms with van der Waals surface area (Å²) in [4.78, 5) is 15.9. The topological polar surface area (TPSA) is 44.9 Å². The molecule has 0 radical (unpaired) electrons. The zero-order valence-corrected chi connectivity index (χ0v) is 13.1. The maximum atomic E-state index is 12.8. The molecule has 1 unspecified atom stereocenters. The largest absolute Gasteiger partial charge is 0.367 e. The molecule has 1 fully saturated rings. The molecule has 1 aliphatic carbocycles. The van der Waals surface area contributed by atoms with Gasteiger partial charge in [-0.15, -0.1) is 6.58 Å². The summed E-state index contributed by atoms with van der Waals surface area (Å²) >= 11 is 3.46. The molecule has 0 aliphatic heterocycles. The summed E-state index contributed by atoms with van der Waals surface area (Å²) in [7, 11) is 0. The second-order valence-electron chi connectivity index (χ2n) is 5.58. The molecule has 0 aromatic carbocycles. The zero-order valence-electron chi connectivity index (χ0n) is 11.6. The molecular weight excluding hydrogens is 304 g/mol. The Bertz CT molecular complexity index is 486. The van der Waals surface area contributed by atoms with Gasteiger partial charge in [0.05, 0.1) is 11.3 Å². The summed E-state index contributed by atoms with van der Waals surface area (Å²) in [6.45, 7) is 7.79. The standard InChI is InChI=1S/C15H21BrN2O/c1-4-12(16)18-13-10(2)17-9-11(13)14(19)15(3)7-5-6-8-15/h4,9,12,17-18H,1,5-8H2,2-3H3. The van der Waals surface area contributed by atoms with Crippen LogP contribution in [0.1, 0.15) is 48.7 Å². The van der Waals surface area contributed by atoms with E-state index in [2.05, 4.69) is 39.7 Å². The van der Waals surface area contributed by atoms with Crippen LogP contribution < -0.4 is 5.32 Å². The smallest absolute Gasteiger partial charge is 0.172 e. The van der Waals surface area contributed by atoms with Gasteiger partial charge in [-0.1, -0.05) is 41.8 Å². The highest BCUT2D eigenvalue weighted by Gasteiger charge is 2.38. The molecule has 3 nitrogen and oxygen atoms in total. The Balaban J connectivity index is 2.29. The van der Waals surface area contributed by atoms with E-state index in [-0.39, 0.29) is 16.1 Å². The summed E-state index contributed by atoms with van der Waals surface area (Å²) in [5.74, 6) is 0.251. The number of anilines is 1. The molecule has 1 atom stereocenters. The van der Waals surface area contributed by atoms with Crippen molar-refractivity contribution in [1.29, 1.82) is 0 Å². The molecule has 0 amide bonds. The lowest BCUT2D eigenvalue weighted by molar-refractivity contribution is 0.0824. The molecule has 0 bridgehead atoms. The molecule has 104 valence electrons. The van der Waals surface area contributed by atoms with E-state index in [0.29, 0.717) is 0 Å². The van der Waals surface area contributed by atoms with E-state index < -0.39 is 0 Å². The van der Waals surface area contributed by atoms with Crippen LogP contribution in [0.25, 0.3) is 0 Å². The van der Waals surface area contributed by atoms with Crippen molar-refractivity contribution in [3.8, 4) is 0 Å². The van der Waals surface area contributed by atoms with Crippen LogP contribution in [0.3, 0.4) is 0 Å². The Kier molecular flexibility index (Phi) is 4.19. The van der Waals surface area contributed by atoms with Gasteiger partial charge >= 0.3 is 0 Å². The number of carbonyl (C=O) groups is 1. The van der Waals surface area contributed by atoms with Crippen LogP contribution in [0.15, 0.2) is 18.9 Å². The lowest BCUT2D eigenvalue weighted by atomic mass is 9.81. The number of carbonyl (C=O) groups excluding carboxylic acids is 1. The minimum Gasteiger partial charge on any atom is -0.367 e. The Morgan fingerprint density at radius 2 is 2.21 bits per heavy atom. The fourth-order valence-electron chi connectivity index (χ4n) is 2.80. The fourth-order valence-corrected chi connectivity index (χ4v) is 3.03. The zero-order chi connectivity index (χ0) is 14.0. The Morgan fingerprint density at radius 1 is 1.58 bits per heavy atom. The molecule has 1 aromatic rings. The van der Waals surface area contributed by atoms with Crippen LogP contribution in [-0.2, 0) is 0 Å². The Hall–Kier alpha value is -1.03. The summed E-state index contributed by atoms with van der Waals surface area (Å²) in [6.07, 6.45) is 7.89. The number of aromatic amines is 1. The molecule has 1 heterocycles. The number of hydrogen-bond donors (Lipinski definition) is 2. The van der Waals surface area contributed by atoms with Crippen molar-refractivity contribution in [3.05, 3.63) is 30.1 Å². The van der Waals surface area contributed by atoms with E-state index in [1.54, 1.807) is 6.08 Å². The van der Waals surface area contributed by atoms with Crippen molar-refractivity contribution in [1.82, 2.24) is 4.98 Å². The first kappa shape index (κ1) is 14.4. The van der Waals surface area contributed by atoms with E-state index in [1.807, 2.05) is 13.1 Å². The third-order valence-corrected chi connectivity index (χ3v) is 4.67. The van der Waals surface area contributed by atoms with Crippen LogP contribution in [-0.4, -0.2) is 15.7 Å². The number of ketones is 1. The van der Waals surface area contributed by atoms with Crippen LogP contribution >= 0.6 is 15.9 Å². The number of Topliss-reactive ketones (excluding diaryl/α,β-unsaturated/α-hetero) is 1. The highest BCUT2D eigenvalue weighted by atomic mass is 79.9. The molecule has 1 saturated carbocycles. The first-order valence-electron chi connectivity index (χ1n) is 6.74. The molecule has 0 spiro atoms. The summed E-state index contributed by atoms with van der Waals surface area (Å²) in [5, 5.41) is 3.28. The van der Waals surface area contributed by atoms with E-state index in [4.69, 9.17) is 0 Å². The summed E-state index contributed by atoms with van der Waals surface area (Å²) in [5.41, 5.74) is 2.45. The van der Waals surface area contributed by atoms with Gasteiger partial charge < -0.3 is 10.3 Å². The number of aromatic nitrogens is 1. The van der Waals surface area contributed by atoms with Crippen molar-refractivity contribution in [3.63, 3.8) is 0 Å². The van der Waals surface area contributed by atoms with Crippen LogP contribution in [0.2, 0.25) is 0 Å². The van der Waals surface area contributed by atoms with Gasteiger partial charge in [0.1, 0.15) is 4.95 Å². The highest BCUT2D eigenvalue weighted by molar-refractivity contribution is 9.09. The summed E-state index contributed by atoms with van der Waals surface area (Å²) < 4.78 is 0. The monoisotopic (exact) mass is 324 g/mol. The minimum atomic E-state index is -0.193. The molecule has 0 saturated heterocycles. The van der Waals surface area contributed by atoms with Crippen molar-refractivity contribution < 1.29 is 4.79 Å². The van der Waals surface area contributed by atoms with Crippen LogP contribution in [0.4, 0.5) is 5.69 Å². The molecule has 2 N–H and O–H groups in total. The lowest BCUT2D eigenvalue weighted by Crippen LogP contribution is -2.25. The van der Waals surface area contributed by atoms with Crippen LogP contribution in [0, 0.1) is 12.3 Å². The van der Waals surface area contributed by atoms with Gasteiger partial charge in [0.2, 0.25) is 0 Å². The minimum absolute atomic E-state index is 0.0371. The Labute approximate surface area is 123 Å². The quantitative estimate of drug-likeness (QED) is 0.365. The van der Waals surface area contributed by atoms with Gasteiger partial charge in [-0.2, -0.15) is 0 Å². The number of rotatable bonds is 5. The van der Waals surface area contributed by atoms with Crippen LogP contribution in [0.5, 0.6) is 0 Å². The van der Waals surface area contributed by atoms with Crippen molar-refractivity contribution in [2.75, 3.05) is 5.32 Å². The predicted molar refractivity (Wildman–Crippen MR) is 83.0 cm³/mol. The van der Waals surface area contributed by atoms with Crippen molar-refractivity contribution in [2.24, 2.45) is 5.41 Å².